The van der Waals surface area contributed by atoms with Gasteiger partial charge in [-0.25, -0.2) is 0 Å². The topological polar surface area (TPSA) is 12.0 Å². The minimum absolute atomic E-state index is 0.125. The molecule has 0 amide bonds. The van der Waals surface area contributed by atoms with Crippen LogP contribution in [0.2, 0.25) is 5.54 Å². The van der Waals surface area contributed by atoms with E-state index in [1.165, 1.54) is 0 Å². The molecule has 1 saturated carbocycles. The Kier molecular flexibility index (Phi) is 4.05. The molecule has 0 aromatic carbocycles. The second-order valence-corrected chi connectivity index (χ2v) is 8.44. The third-order valence-electron chi connectivity index (χ3n) is 4.71. The van der Waals surface area contributed by atoms with Crippen molar-refractivity contribution in [2.75, 3.05) is 0 Å². The van der Waals surface area contributed by atoms with Gasteiger partial charge in [0, 0.05) is 5.54 Å². The Bertz CT molecular complexity index is 195. The Morgan fingerprint density at radius 1 is 0.800 bits per heavy atom. The van der Waals surface area contributed by atoms with Gasteiger partial charge < -0.3 is 4.98 Å². The lowest BCUT2D eigenvalue weighted by atomic mass is 9.92. The van der Waals surface area contributed by atoms with Crippen LogP contribution in [0.25, 0.3) is 0 Å². The fraction of sp³-hybridized carbons (Fsp3) is 1.00. The maximum Gasteiger partial charge on any atom is 0.0958 e. The summed E-state index contributed by atoms with van der Waals surface area (Å²) in [5.74, 6) is 3.69. The normalized spacial score (nSPS) is 43.0. The summed E-state index contributed by atoms with van der Waals surface area (Å²) < 4.78 is 0. The van der Waals surface area contributed by atoms with Gasteiger partial charge in [-0.1, -0.05) is 27.7 Å². The molecule has 0 radical (unpaired) electrons. The van der Waals surface area contributed by atoms with Crippen molar-refractivity contribution in [1.82, 2.24) is 4.98 Å². The zero-order valence-electron chi connectivity index (χ0n) is 11.6. The lowest BCUT2D eigenvalue weighted by Crippen LogP contribution is -2.41. The molecule has 15 heavy (non-hydrogen) atoms. The molecule has 1 aliphatic carbocycles. The zero-order valence-corrected chi connectivity index (χ0v) is 13.0. The summed E-state index contributed by atoms with van der Waals surface area (Å²) in [5, 5.41) is 0. The lowest BCUT2D eigenvalue weighted by Gasteiger charge is -2.27. The molecule has 4 unspecified atom stereocenters. The fourth-order valence-electron chi connectivity index (χ4n) is 3.01. The molecule has 1 fully saturated rings. The van der Waals surface area contributed by atoms with Gasteiger partial charge in [0.25, 0.3) is 0 Å². The van der Waals surface area contributed by atoms with Crippen LogP contribution in [0.1, 0.15) is 48.5 Å². The average Bonchev–Trinajstić information content (AvgIpc) is 2.28. The SMILES string of the molecule is CC1C(C)C(C)C([SiH2]NC(C)(C)C)C1C. The highest BCUT2D eigenvalue weighted by molar-refractivity contribution is 6.35. The fourth-order valence-corrected chi connectivity index (χ4v) is 5.46. The number of hydrogen-bond donors (Lipinski definition) is 1. The molecular weight excluding hydrogens is 198 g/mol. The summed E-state index contributed by atoms with van der Waals surface area (Å²) in [6.45, 7) is 16.7. The minimum atomic E-state index is -0.125. The highest BCUT2D eigenvalue weighted by Crippen LogP contribution is 2.48. The smallest absolute Gasteiger partial charge is 0.0958 e. The van der Waals surface area contributed by atoms with Crippen molar-refractivity contribution in [3.63, 3.8) is 0 Å². The van der Waals surface area contributed by atoms with Gasteiger partial charge in [-0.15, -0.1) is 0 Å². The highest BCUT2D eigenvalue weighted by atomic mass is 28.2. The standard InChI is InChI=1S/C13H29NSi/c1-8-9(2)11(4)12(10(8)3)15-14-13(5,6)7/h8-12,14H,15H2,1-7H3. The van der Waals surface area contributed by atoms with Crippen molar-refractivity contribution in [3.8, 4) is 0 Å². The molecule has 0 aromatic rings. The largest absolute Gasteiger partial charge is 0.337 e. The molecule has 0 aromatic heterocycles. The average molecular weight is 227 g/mol. The molecule has 0 saturated heterocycles. The molecule has 1 N–H and O–H groups in total. The maximum atomic E-state index is 3.80. The van der Waals surface area contributed by atoms with Crippen LogP contribution in [0, 0.1) is 23.7 Å². The highest BCUT2D eigenvalue weighted by Gasteiger charge is 2.41. The Morgan fingerprint density at radius 2 is 1.20 bits per heavy atom. The van der Waals surface area contributed by atoms with Crippen LogP contribution in [0.15, 0.2) is 0 Å². The van der Waals surface area contributed by atoms with Crippen LogP contribution in [-0.4, -0.2) is 15.2 Å². The summed E-state index contributed by atoms with van der Waals surface area (Å²) >= 11 is 0. The second-order valence-electron chi connectivity index (χ2n) is 6.73. The van der Waals surface area contributed by atoms with E-state index in [1.807, 2.05) is 0 Å². The molecule has 90 valence electrons. The molecule has 0 bridgehead atoms. The van der Waals surface area contributed by atoms with E-state index in [1.54, 1.807) is 0 Å². The number of nitrogens with one attached hydrogen (secondary N) is 1. The van der Waals surface area contributed by atoms with Gasteiger partial charge in [0.1, 0.15) is 0 Å². The molecule has 1 rings (SSSR count). The molecular formula is C13H29NSi. The van der Waals surface area contributed by atoms with E-state index >= 15 is 0 Å². The van der Waals surface area contributed by atoms with Crippen molar-refractivity contribution in [2.45, 2.75) is 59.5 Å². The van der Waals surface area contributed by atoms with Crippen LogP contribution >= 0.6 is 0 Å². The Labute approximate surface area is 98.3 Å². The van der Waals surface area contributed by atoms with Crippen molar-refractivity contribution in [1.29, 1.82) is 0 Å². The van der Waals surface area contributed by atoms with Crippen molar-refractivity contribution in [3.05, 3.63) is 0 Å². The molecule has 0 heterocycles. The predicted octanol–water partition coefficient (Wildman–Crippen LogP) is 2.80. The van der Waals surface area contributed by atoms with E-state index in [0.29, 0.717) is 5.54 Å². The predicted molar refractivity (Wildman–Crippen MR) is 71.8 cm³/mol. The van der Waals surface area contributed by atoms with Crippen LogP contribution in [-0.2, 0) is 0 Å². The Balaban J connectivity index is 2.55. The summed E-state index contributed by atoms with van der Waals surface area (Å²) in [6.07, 6.45) is 0. The van der Waals surface area contributed by atoms with Gasteiger partial charge in [-0.3, -0.25) is 0 Å². The molecule has 2 heteroatoms. The quantitative estimate of drug-likeness (QED) is 0.715. The van der Waals surface area contributed by atoms with Crippen LogP contribution in [0.4, 0.5) is 0 Å². The first kappa shape index (κ1) is 13.2. The maximum absolute atomic E-state index is 3.80. The first-order valence-corrected chi connectivity index (χ1v) is 8.01. The van der Waals surface area contributed by atoms with E-state index < -0.39 is 0 Å². The first-order valence-electron chi connectivity index (χ1n) is 6.49. The van der Waals surface area contributed by atoms with Crippen molar-refractivity contribution >= 4 is 9.68 Å². The van der Waals surface area contributed by atoms with Crippen LogP contribution < -0.4 is 4.98 Å². The molecule has 1 aliphatic rings. The van der Waals surface area contributed by atoms with E-state index in [-0.39, 0.29) is 9.68 Å². The van der Waals surface area contributed by atoms with Gasteiger partial charge >= 0.3 is 0 Å². The Morgan fingerprint density at radius 3 is 1.53 bits per heavy atom. The molecule has 0 spiro atoms. The van der Waals surface area contributed by atoms with Crippen molar-refractivity contribution in [2.24, 2.45) is 23.7 Å². The molecule has 4 atom stereocenters. The third-order valence-corrected chi connectivity index (χ3v) is 7.93. The van der Waals surface area contributed by atoms with E-state index in [0.717, 1.165) is 29.2 Å². The lowest BCUT2D eigenvalue weighted by molar-refractivity contribution is 0.352. The van der Waals surface area contributed by atoms with Crippen molar-refractivity contribution < 1.29 is 0 Å². The van der Waals surface area contributed by atoms with E-state index in [2.05, 4.69) is 53.4 Å². The zero-order chi connectivity index (χ0) is 11.8. The second kappa shape index (κ2) is 4.58. The summed E-state index contributed by atoms with van der Waals surface area (Å²) in [7, 11) is -0.125. The third kappa shape index (κ3) is 3.07. The van der Waals surface area contributed by atoms with Crippen LogP contribution in [0.5, 0.6) is 0 Å². The van der Waals surface area contributed by atoms with E-state index in [9.17, 15) is 0 Å². The molecule has 1 nitrogen and oxygen atoms in total. The molecule has 0 aliphatic heterocycles. The van der Waals surface area contributed by atoms with Crippen LogP contribution in [0.3, 0.4) is 0 Å². The number of hydrogen-bond acceptors (Lipinski definition) is 1. The van der Waals surface area contributed by atoms with Gasteiger partial charge in [-0.2, -0.15) is 0 Å². The summed E-state index contributed by atoms with van der Waals surface area (Å²) in [6, 6.07) is 0. The Hall–Kier alpha value is 0.177. The van der Waals surface area contributed by atoms with Gasteiger partial charge in [-0.05, 0) is 50.0 Å². The van der Waals surface area contributed by atoms with Gasteiger partial charge in [0.15, 0.2) is 0 Å². The van der Waals surface area contributed by atoms with Gasteiger partial charge in [0.2, 0.25) is 0 Å². The first-order chi connectivity index (χ1) is 6.74. The van der Waals surface area contributed by atoms with E-state index in [4.69, 9.17) is 0 Å². The van der Waals surface area contributed by atoms with Gasteiger partial charge in [0.05, 0.1) is 9.68 Å². The monoisotopic (exact) mass is 227 g/mol. The summed E-state index contributed by atoms with van der Waals surface area (Å²) in [5.41, 5.74) is 1.31. The summed E-state index contributed by atoms with van der Waals surface area (Å²) in [4.78, 5) is 3.80. The minimum Gasteiger partial charge on any atom is -0.337 e. The number of rotatable bonds is 2.